The molecule has 1 aliphatic rings. The zero-order valence-corrected chi connectivity index (χ0v) is 15.9. The Balaban J connectivity index is 1.38. The van der Waals surface area contributed by atoms with E-state index in [0.29, 0.717) is 41.7 Å². The van der Waals surface area contributed by atoms with Gasteiger partial charge in [-0.05, 0) is 44.0 Å². The minimum Gasteiger partial charge on any atom is -0.338 e. The topological polar surface area (TPSA) is 114 Å². The predicted octanol–water partition coefficient (Wildman–Crippen LogP) is 2.33. The summed E-state index contributed by atoms with van der Waals surface area (Å²) in [5.74, 6) is 0.388. The summed E-state index contributed by atoms with van der Waals surface area (Å²) in [4.78, 5) is 39.4. The molecule has 2 amide bonds. The predicted molar refractivity (Wildman–Crippen MR) is 104 cm³/mol. The molecule has 4 rings (SSSR count). The molecule has 1 atom stereocenters. The van der Waals surface area contributed by atoms with Gasteiger partial charge in [-0.15, -0.1) is 0 Å². The molecule has 1 N–H and O–H groups in total. The second kappa shape index (κ2) is 8.17. The van der Waals surface area contributed by atoms with E-state index in [2.05, 4.69) is 25.4 Å². The van der Waals surface area contributed by atoms with Crippen LogP contribution in [0, 0.1) is 12.8 Å². The summed E-state index contributed by atoms with van der Waals surface area (Å²) < 4.78 is 5.08. The fourth-order valence-electron chi connectivity index (χ4n) is 3.29. The van der Waals surface area contributed by atoms with Crippen LogP contribution in [-0.4, -0.2) is 49.9 Å². The number of rotatable bonds is 4. The van der Waals surface area contributed by atoms with Crippen molar-refractivity contribution >= 4 is 17.5 Å². The zero-order valence-electron chi connectivity index (χ0n) is 15.9. The van der Waals surface area contributed by atoms with Crippen LogP contribution >= 0.6 is 0 Å². The second-order valence-electron chi connectivity index (χ2n) is 6.89. The normalized spacial score (nSPS) is 16.4. The highest BCUT2D eigenvalue weighted by atomic mass is 16.5. The minimum atomic E-state index is -0.271. The van der Waals surface area contributed by atoms with Gasteiger partial charge in [-0.25, -0.2) is 4.98 Å². The number of aryl methyl sites for hydroxylation is 1. The van der Waals surface area contributed by atoms with Crippen molar-refractivity contribution < 1.29 is 14.1 Å². The molecule has 1 aliphatic heterocycles. The average Bonchev–Trinajstić information content (AvgIpc) is 3.20. The molecule has 3 aromatic heterocycles. The number of piperidine rings is 1. The van der Waals surface area contributed by atoms with Gasteiger partial charge in [-0.2, -0.15) is 4.98 Å². The molecule has 0 saturated carbocycles. The summed E-state index contributed by atoms with van der Waals surface area (Å²) in [6.45, 7) is 2.76. The molecule has 1 fully saturated rings. The van der Waals surface area contributed by atoms with Gasteiger partial charge in [-0.3, -0.25) is 14.6 Å². The lowest BCUT2D eigenvalue weighted by Gasteiger charge is -2.32. The monoisotopic (exact) mass is 392 g/mol. The van der Waals surface area contributed by atoms with E-state index in [1.54, 1.807) is 54.7 Å². The molecule has 1 unspecified atom stereocenters. The van der Waals surface area contributed by atoms with Gasteiger partial charge in [0.2, 0.25) is 5.91 Å². The van der Waals surface area contributed by atoms with E-state index >= 15 is 0 Å². The number of amides is 2. The molecule has 9 nitrogen and oxygen atoms in total. The average molecular weight is 392 g/mol. The molecule has 0 aromatic carbocycles. The number of hydrogen-bond acceptors (Lipinski definition) is 7. The van der Waals surface area contributed by atoms with Gasteiger partial charge < -0.3 is 14.7 Å². The SMILES string of the molecule is Cc1noc(-c2ccc(NC(=O)C3CCCN(C(=O)c4ccncc4)C3)cn2)n1. The Bertz CT molecular complexity index is 1000. The molecule has 0 spiro atoms. The molecular formula is C20H20N6O3. The van der Waals surface area contributed by atoms with Gasteiger partial charge in [0.1, 0.15) is 5.69 Å². The number of pyridine rings is 2. The number of aromatic nitrogens is 4. The maximum Gasteiger partial charge on any atom is 0.276 e. The highest BCUT2D eigenvalue weighted by Gasteiger charge is 2.29. The molecule has 0 radical (unpaired) electrons. The number of likely N-dealkylation sites (tertiary alicyclic amines) is 1. The first kappa shape index (κ1) is 18.7. The Hall–Kier alpha value is -3.62. The highest BCUT2D eigenvalue weighted by Crippen LogP contribution is 2.21. The van der Waals surface area contributed by atoms with Crippen LogP contribution in [0.1, 0.15) is 29.0 Å². The molecular weight excluding hydrogens is 372 g/mol. The summed E-state index contributed by atoms with van der Waals surface area (Å²) in [5.41, 5.74) is 1.69. The summed E-state index contributed by atoms with van der Waals surface area (Å²) >= 11 is 0. The largest absolute Gasteiger partial charge is 0.338 e. The molecule has 4 heterocycles. The molecule has 0 aliphatic carbocycles. The third kappa shape index (κ3) is 4.29. The lowest BCUT2D eigenvalue weighted by molar-refractivity contribution is -0.121. The smallest absolute Gasteiger partial charge is 0.276 e. The van der Waals surface area contributed by atoms with Crippen LogP contribution in [-0.2, 0) is 4.79 Å². The number of carbonyl (C=O) groups excluding carboxylic acids is 2. The third-order valence-electron chi connectivity index (χ3n) is 4.78. The van der Waals surface area contributed by atoms with Gasteiger partial charge in [0.25, 0.3) is 11.8 Å². The first-order chi connectivity index (χ1) is 14.1. The second-order valence-corrected chi connectivity index (χ2v) is 6.89. The van der Waals surface area contributed by atoms with Crippen molar-refractivity contribution in [2.75, 3.05) is 18.4 Å². The van der Waals surface area contributed by atoms with Gasteiger partial charge in [0, 0.05) is 31.0 Å². The van der Waals surface area contributed by atoms with Crippen LogP contribution in [0.3, 0.4) is 0 Å². The Labute approximate surface area is 167 Å². The van der Waals surface area contributed by atoms with Crippen LogP contribution in [0.15, 0.2) is 47.4 Å². The van der Waals surface area contributed by atoms with Crippen molar-refractivity contribution in [3.8, 4) is 11.6 Å². The Morgan fingerprint density at radius 3 is 2.72 bits per heavy atom. The molecule has 3 aromatic rings. The highest BCUT2D eigenvalue weighted by molar-refractivity contribution is 5.96. The van der Waals surface area contributed by atoms with E-state index in [1.807, 2.05) is 0 Å². The number of nitrogens with one attached hydrogen (secondary N) is 1. The van der Waals surface area contributed by atoms with Crippen molar-refractivity contribution in [3.63, 3.8) is 0 Å². The third-order valence-corrected chi connectivity index (χ3v) is 4.78. The summed E-state index contributed by atoms with van der Waals surface area (Å²) in [7, 11) is 0. The molecule has 148 valence electrons. The number of hydrogen-bond donors (Lipinski definition) is 1. The maximum atomic E-state index is 12.7. The minimum absolute atomic E-state index is 0.0780. The quantitative estimate of drug-likeness (QED) is 0.725. The molecule has 1 saturated heterocycles. The zero-order chi connectivity index (χ0) is 20.2. The summed E-state index contributed by atoms with van der Waals surface area (Å²) in [5, 5.41) is 6.62. The van der Waals surface area contributed by atoms with Crippen molar-refractivity contribution in [2.24, 2.45) is 5.92 Å². The fraction of sp³-hybridized carbons (Fsp3) is 0.300. The molecule has 0 bridgehead atoms. The van der Waals surface area contributed by atoms with Crippen LogP contribution in [0.4, 0.5) is 5.69 Å². The Morgan fingerprint density at radius 1 is 1.21 bits per heavy atom. The summed E-state index contributed by atoms with van der Waals surface area (Å²) in [6, 6.07) is 6.82. The van der Waals surface area contributed by atoms with E-state index in [1.165, 1.54) is 0 Å². The number of anilines is 1. The van der Waals surface area contributed by atoms with Crippen molar-refractivity contribution in [2.45, 2.75) is 19.8 Å². The van der Waals surface area contributed by atoms with Crippen molar-refractivity contribution in [1.29, 1.82) is 0 Å². The standard InChI is InChI=1S/C20H20N6O3/c1-13-23-19(29-25-13)17-5-4-16(11-22-17)24-18(27)15-3-2-10-26(12-15)20(28)14-6-8-21-9-7-14/h4-9,11,15H,2-3,10,12H2,1H3,(H,24,27). The first-order valence-corrected chi connectivity index (χ1v) is 9.37. The number of carbonyl (C=O) groups is 2. The van der Waals surface area contributed by atoms with Gasteiger partial charge in [-0.1, -0.05) is 5.16 Å². The van der Waals surface area contributed by atoms with Crippen molar-refractivity contribution in [3.05, 3.63) is 54.2 Å². The lowest BCUT2D eigenvalue weighted by Crippen LogP contribution is -2.43. The molecule has 29 heavy (non-hydrogen) atoms. The van der Waals surface area contributed by atoms with E-state index in [0.717, 1.165) is 12.8 Å². The van der Waals surface area contributed by atoms with E-state index < -0.39 is 0 Å². The lowest BCUT2D eigenvalue weighted by atomic mass is 9.96. The first-order valence-electron chi connectivity index (χ1n) is 9.37. The van der Waals surface area contributed by atoms with Crippen LogP contribution in [0.2, 0.25) is 0 Å². The van der Waals surface area contributed by atoms with Crippen LogP contribution < -0.4 is 5.32 Å². The molecule has 9 heteroatoms. The van der Waals surface area contributed by atoms with Crippen LogP contribution in [0.25, 0.3) is 11.6 Å². The van der Waals surface area contributed by atoms with Gasteiger partial charge >= 0.3 is 0 Å². The Kier molecular flexibility index (Phi) is 5.28. The van der Waals surface area contributed by atoms with Crippen LogP contribution in [0.5, 0.6) is 0 Å². The van der Waals surface area contributed by atoms with E-state index in [4.69, 9.17) is 4.52 Å². The summed E-state index contributed by atoms with van der Waals surface area (Å²) in [6.07, 6.45) is 6.25. The van der Waals surface area contributed by atoms with E-state index in [9.17, 15) is 9.59 Å². The fourth-order valence-corrected chi connectivity index (χ4v) is 3.29. The number of nitrogens with zero attached hydrogens (tertiary/aromatic N) is 5. The van der Waals surface area contributed by atoms with E-state index in [-0.39, 0.29) is 17.7 Å². The maximum absolute atomic E-state index is 12.7. The van der Waals surface area contributed by atoms with Gasteiger partial charge in [0.15, 0.2) is 5.82 Å². The van der Waals surface area contributed by atoms with Gasteiger partial charge in [0.05, 0.1) is 17.8 Å². The van der Waals surface area contributed by atoms with Crippen molar-refractivity contribution in [1.82, 2.24) is 25.0 Å². The Morgan fingerprint density at radius 2 is 2.03 bits per heavy atom.